The predicted octanol–water partition coefficient (Wildman–Crippen LogP) is 2.28. The molecule has 138 valence electrons. The van der Waals surface area contributed by atoms with Crippen LogP contribution in [0.1, 0.15) is 45.1 Å². The van der Waals surface area contributed by atoms with Crippen molar-refractivity contribution in [3.8, 4) is 0 Å². The maximum Gasteiger partial charge on any atom is 0.408 e. The zero-order chi connectivity index (χ0) is 18.4. The van der Waals surface area contributed by atoms with Gasteiger partial charge >= 0.3 is 6.09 Å². The number of carbonyl (C=O) groups excluding carboxylic acids is 2. The van der Waals surface area contributed by atoms with Gasteiger partial charge in [0, 0.05) is 19.0 Å². The molecule has 1 fully saturated rings. The molecule has 2 atom stereocenters. The third-order valence-electron chi connectivity index (χ3n) is 4.18. The molecule has 6 heteroatoms. The fourth-order valence-corrected chi connectivity index (χ4v) is 3.01. The van der Waals surface area contributed by atoms with Gasteiger partial charge in [0.2, 0.25) is 5.91 Å². The Morgan fingerprint density at radius 1 is 1.20 bits per heavy atom. The standard InChI is InChI=1S/C19H28N2O4/c1-19(2,3)25-18(24)20-16(17(23)21-11-7-8-12-21)15(13-22)14-9-5-4-6-10-14/h4-6,9-10,15-16,22H,7-8,11-13H2,1-3H3,(H,20,24)/t15-,16-/m0/s1. The van der Waals surface area contributed by atoms with Gasteiger partial charge in [-0.3, -0.25) is 4.79 Å². The Morgan fingerprint density at radius 2 is 1.80 bits per heavy atom. The third kappa shape index (κ3) is 5.46. The van der Waals surface area contributed by atoms with E-state index in [-0.39, 0.29) is 12.5 Å². The van der Waals surface area contributed by atoms with Crippen LogP contribution in [-0.2, 0) is 9.53 Å². The average Bonchev–Trinajstić information content (AvgIpc) is 3.07. The van der Waals surface area contributed by atoms with E-state index in [2.05, 4.69) is 5.32 Å². The maximum atomic E-state index is 13.0. The van der Waals surface area contributed by atoms with Crippen LogP contribution in [0.25, 0.3) is 0 Å². The van der Waals surface area contributed by atoms with E-state index in [1.165, 1.54) is 0 Å². The molecule has 0 bridgehead atoms. The van der Waals surface area contributed by atoms with E-state index in [1.807, 2.05) is 30.3 Å². The summed E-state index contributed by atoms with van der Waals surface area (Å²) in [6.07, 6.45) is 1.26. The Balaban J connectivity index is 2.23. The van der Waals surface area contributed by atoms with E-state index in [9.17, 15) is 14.7 Å². The highest BCUT2D eigenvalue weighted by molar-refractivity contribution is 5.87. The van der Waals surface area contributed by atoms with Crippen LogP contribution >= 0.6 is 0 Å². The smallest absolute Gasteiger partial charge is 0.408 e. The highest BCUT2D eigenvalue weighted by atomic mass is 16.6. The van der Waals surface area contributed by atoms with E-state index in [0.717, 1.165) is 18.4 Å². The van der Waals surface area contributed by atoms with E-state index in [4.69, 9.17) is 4.74 Å². The molecule has 1 aromatic rings. The Hall–Kier alpha value is -2.08. The Kier molecular flexibility index (Phi) is 6.42. The van der Waals surface area contributed by atoms with Crippen molar-refractivity contribution >= 4 is 12.0 Å². The minimum Gasteiger partial charge on any atom is -0.444 e. The van der Waals surface area contributed by atoms with Crippen molar-refractivity contribution in [1.29, 1.82) is 0 Å². The number of ether oxygens (including phenoxy) is 1. The topological polar surface area (TPSA) is 78.9 Å². The maximum absolute atomic E-state index is 13.0. The van der Waals surface area contributed by atoms with Crippen LogP contribution in [0.3, 0.4) is 0 Å². The zero-order valence-corrected chi connectivity index (χ0v) is 15.2. The Labute approximate surface area is 149 Å². The first-order valence-electron chi connectivity index (χ1n) is 8.76. The number of alkyl carbamates (subject to hydrolysis) is 1. The molecule has 2 rings (SSSR count). The number of aliphatic hydroxyl groups is 1. The summed E-state index contributed by atoms with van der Waals surface area (Å²) >= 11 is 0. The molecule has 0 spiro atoms. The number of aliphatic hydroxyl groups excluding tert-OH is 1. The van der Waals surface area contributed by atoms with Gasteiger partial charge in [-0.15, -0.1) is 0 Å². The first-order valence-corrected chi connectivity index (χ1v) is 8.76. The first kappa shape index (κ1) is 19.2. The van der Waals surface area contributed by atoms with Gasteiger partial charge in [0.25, 0.3) is 0 Å². The molecule has 1 aliphatic rings. The number of hydrogen-bond donors (Lipinski definition) is 2. The molecule has 0 saturated carbocycles. The van der Waals surface area contributed by atoms with Gasteiger partial charge in [0.05, 0.1) is 6.61 Å². The third-order valence-corrected chi connectivity index (χ3v) is 4.18. The molecule has 0 aromatic heterocycles. The number of rotatable bonds is 5. The van der Waals surface area contributed by atoms with Crippen LogP contribution in [0.4, 0.5) is 4.79 Å². The zero-order valence-electron chi connectivity index (χ0n) is 15.2. The van der Waals surface area contributed by atoms with Gasteiger partial charge in [-0.1, -0.05) is 30.3 Å². The van der Waals surface area contributed by atoms with Crippen molar-refractivity contribution in [2.45, 2.75) is 51.2 Å². The number of carbonyl (C=O) groups is 2. The summed E-state index contributed by atoms with van der Waals surface area (Å²) in [5.41, 5.74) is 0.144. The van der Waals surface area contributed by atoms with Crippen LogP contribution in [0.2, 0.25) is 0 Å². The molecular formula is C19H28N2O4. The molecule has 2 amide bonds. The highest BCUT2D eigenvalue weighted by Gasteiger charge is 2.35. The van der Waals surface area contributed by atoms with Gasteiger partial charge in [0.15, 0.2) is 0 Å². The number of nitrogens with one attached hydrogen (secondary N) is 1. The van der Waals surface area contributed by atoms with E-state index < -0.39 is 23.7 Å². The highest BCUT2D eigenvalue weighted by Crippen LogP contribution is 2.23. The predicted molar refractivity (Wildman–Crippen MR) is 95.2 cm³/mol. The molecule has 0 unspecified atom stereocenters. The SMILES string of the molecule is CC(C)(C)OC(=O)N[C@H](C(=O)N1CCCC1)[C@@H](CO)c1ccccc1. The fraction of sp³-hybridized carbons (Fsp3) is 0.579. The summed E-state index contributed by atoms with van der Waals surface area (Å²) in [5.74, 6) is -0.701. The number of benzene rings is 1. The molecule has 0 aliphatic carbocycles. The molecule has 1 saturated heterocycles. The molecule has 6 nitrogen and oxygen atoms in total. The molecular weight excluding hydrogens is 320 g/mol. The summed E-state index contributed by atoms with van der Waals surface area (Å²) < 4.78 is 5.31. The molecule has 0 radical (unpaired) electrons. The molecule has 1 aliphatic heterocycles. The van der Waals surface area contributed by atoms with Gasteiger partial charge in [-0.25, -0.2) is 4.79 Å². The second-order valence-electron chi connectivity index (χ2n) is 7.36. The first-order chi connectivity index (χ1) is 11.8. The lowest BCUT2D eigenvalue weighted by Crippen LogP contribution is -2.52. The molecule has 25 heavy (non-hydrogen) atoms. The van der Waals surface area contributed by atoms with E-state index >= 15 is 0 Å². The summed E-state index contributed by atoms with van der Waals surface area (Å²) in [7, 11) is 0. The number of nitrogens with zero attached hydrogens (tertiary/aromatic N) is 1. The summed E-state index contributed by atoms with van der Waals surface area (Å²) in [6.45, 7) is 6.42. The van der Waals surface area contributed by atoms with E-state index in [0.29, 0.717) is 13.1 Å². The van der Waals surface area contributed by atoms with Gasteiger partial charge in [-0.05, 0) is 39.2 Å². The quantitative estimate of drug-likeness (QED) is 0.856. The Bertz CT molecular complexity index is 577. The average molecular weight is 348 g/mol. The monoisotopic (exact) mass is 348 g/mol. The van der Waals surface area contributed by atoms with Crippen LogP contribution in [0.15, 0.2) is 30.3 Å². The van der Waals surface area contributed by atoms with Crippen molar-refractivity contribution in [1.82, 2.24) is 10.2 Å². The second-order valence-corrected chi connectivity index (χ2v) is 7.36. The van der Waals surface area contributed by atoms with Crippen LogP contribution in [-0.4, -0.2) is 53.3 Å². The lowest BCUT2D eigenvalue weighted by Gasteiger charge is -2.30. The molecule has 1 heterocycles. The van der Waals surface area contributed by atoms with Gasteiger partial charge in [-0.2, -0.15) is 0 Å². The largest absolute Gasteiger partial charge is 0.444 e. The van der Waals surface area contributed by atoms with Crippen LogP contribution < -0.4 is 5.32 Å². The normalized spacial score (nSPS) is 17.0. The lowest BCUT2D eigenvalue weighted by molar-refractivity contribution is -0.133. The number of likely N-dealkylation sites (tertiary alicyclic amines) is 1. The fourth-order valence-electron chi connectivity index (χ4n) is 3.01. The molecule has 2 N–H and O–H groups in total. The Morgan fingerprint density at radius 3 is 2.32 bits per heavy atom. The lowest BCUT2D eigenvalue weighted by atomic mass is 9.91. The van der Waals surface area contributed by atoms with Crippen molar-refractivity contribution < 1.29 is 19.4 Å². The number of amides is 2. The van der Waals surface area contributed by atoms with Crippen molar-refractivity contribution in [2.24, 2.45) is 0 Å². The van der Waals surface area contributed by atoms with Gasteiger partial charge < -0.3 is 20.1 Å². The number of hydrogen-bond acceptors (Lipinski definition) is 4. The summed E-state index contributed by atoms with van der Waals surface area (Å²) in [4.78, 5) is 27.0. The van der Waals surface area contributed by atoms with Crippen molar-refractivity contribution in [3.63, 3.8) is 0 Å². The van der Waals surface area contributed by atoms with Gasteiger partial charge in [0.1, 0.15) is 11.6 Å². The van der Waals surface area contributed by atoms with Crippen LogP contribution in [0.5, 0.6) is 0 Å². The summed E-state index contributed by atoms with van der Waals surface area (Å²) in [5, 5.41) is 12.6. The van der Waals surface area contributed by atoms with Crippen molar-refractivity contribution in [3.05, 3.63) is 35.9 Å². The summed E-state index contributed by atoms with van der Waals surface area (Å²) in [6, 6.07) is 8.41. The van der Waals surface area contributed by atoms with Crippen molar-refractivity contribution in [2.75, 3.05) is 19.7 Å². The molecule has 1 aromatic carbocycles. The minimum atomic E-state index is -0.861. The minimum absolute atomic E-state index is 0.175. The van der Waals surface area contributed by atoms with E-state index in [1.54, 1.807) is 25.7 Å². The van der Waals surface area contributed by atoms with Crippen LogP contribution in [0, 0.1) is 0 Å². The second kappa shape index (κ2) is 8.34.